The van der Waals surface area contributed by atoms with Crippen LogP contribution in [0.1, 0.15) is 5.56 Å². The molecule has 0 radical (unpaired) electrons. The highest BCUT2D eigenvalue weighted by molar-refractivity contribution is 7.99. The minimum Gasteiger partial charge on any atom is -0.461 e. The highest BCUT2D eigenvalue weighted by atomic mass is 35.5. The van der Waals surface area contributed by atoms with Gasteiger partial charge in [0.15, 0.2) is 16.7 Å². The van der Waals surface area contributed by atoms with Gasteiger partial charge in [0, 0.05) is 12.1 Å². The average molecular weight is 417 g/mol. The van der Waals surface area contributed by atoms with Crippen LogP contribution in [0.25, 0.3) is 11.6 Å². The molecule has 27 heavy (non-hydrogen) atoms. The maximum Gasteiger partial charge on any atom is 0.418 e. The number of aromatic nitrogens is 3. The fourth-order valence-corrected chi connectivity index (χ4v) is 3.12. The first-order valence-electron chi connectivity index (χ1n) is 7.48. The largest absolute Gasteiger partial charge is 0.461 e. The Morgan fingerprint density at radius 2 is 2.11 bits per heavy atom. The molecule has 2 aromatic heterocycles. The van der Waals surface area contributed by atoms with Crippen LogP contribution in [-0.2, 0) is 18.0 Å². The highest BCUT2D eigenvalue weighted by Crippen LogP contribution is 2.36. The number of nitrogens with zero attached hydrogens (tertiary/aromatic N) is 3. The summed E-state index contributed by atoms with van der Waals surface area (Å²) in [5.74, 6) is 0.219. The molecule has 3 rings (SSSR count). The summed E-state index contributed by atoms with van der Waals surface area (Å²) in [6.45, 7) is 0. The first kappa shape index (κ1) is 19.3. The van der Waals surface area contributed by atoms with E-state index in [1.807, 2.05) is 0 Å². The molecule has 0 atom stereocenters. The molecule has 142 valence electrons. The molecule has 0 aliphatic carbocycles. The third-order valence-corrected chi connectivity index (χ3v) is 4.73. The van der Waals surface area contributed by atoms with E-state index in [0.717, 1.165) is 23.9 Å². The van der Waals surface area contributed by atoms with Crippen molar-refractivity contribution in [3.05, 3.63) is 47.2 Å². The lowest BCUT2D eigenvalue weighted by Crippen LogP contribution is -2.18. The van der Waals surface area contributed by atoms with Crippen LogP contribution in [0.15, 0.2) is 46.2 Å². The predicted molar refractivity (Wildman–Crippen MR) is 94.5 cm³/mol. The van der Waals surface area contributed by atoms with Crippen molar-refractivity contribution >= 4 is 35.0 Å². The number of anilines is 1. The number of rotatable bonds is 5. The van der Waals surface area contributed by atoms with Gasteiger partial charge in [-0.1, -0.05) is 23.4 Å². The molecule has 0 spiro atoms. The normalized spacial score (nSPS) is 11.6. The number of thioether (sulfide) groups is 1. The summed E-state index contributed by atoms with van der Waals surface area (Å²) >= 11 is 6.66. The van der Waals surface area contributed by atoms with Gasteiger partial charge in [0.05, 0.1) is 23.3 Å². The molecule has 1 amide bonds. The Morgan fingerprint density at radius 3 is 2.78 bits per heavy atom. The van der Waals surface area contributed by atoms with Crippen molar-refractivity contribution in [1.29, 1.82) is 0 Å². The van der Waals surface area contributed by atoms with Crippen molar-refractivity contribution in [1.82, 2.24) is 14.8 Å². The first-order chi connectivity index (χ1) is 12.8. The Hall–Kier alpha value is -2.46. The Bertz CT molecular complexity index is 957. The van der Waals surface area contributed by atoms with Gasteiger partial charge in [-0.2, -0.15) is 13.2 Å². The Morgan fingerprint density at radius 1 is 1.33 bits per heavy atom. The first-order valence-corrected chi connectivity index (χ1v) is 8.84. The van der Waals surface area contributed by atoms with Crippen LogP contribution in [0.2, 0.25) is 5.02 Å². The van der Waals surface area contributed by atoms with Crippen LogP contribution in [0.4, 0.5) is 18.9 Å². The molecule has 0 aliphatic heterocycles. The summed E-state index contributed by atoms with van der Waals surface area (Å²) in [7, 11) is 1.69. The zero-order valence-corrected chi connectivity index (χ0v) is 15.3. The molecule has 1 aromatic carbocycles. The van der Waals surface area contributed by atoms with Gasteiger partial charge in [-0.25, -0.2) is 0 Å². The van der Waals surface area contributed by atoms with Crippen molar-refractivity contribution < 1.29 is 22.4 Å². The molecule has 3 aromatic rings. The Labute approximate surface area is 160 Å². The number of carbonyl (C=O) groups excluding carboxylic acids is 1. The van der Waals surface area contributed by atoms with E-state index >= 15 is 0 Å². The number of amides is 1. The van der Waals surface area contributed by atoms with Gasteiger partial charge < -0.3 is 14.3 Å². The molecular weight excluding hydrogens is 405 g/mol. The van der Waals surface area contributed by atoms with Crippen LogP contribution in [0, 0.1) is 0 Å². The third-order valence-electron chi connectivity index (χ3n) is 3.47. The predicted octanol–water partition coefficient (Wildman–Crippen LogP) is 4.48. The number of halogens is 4. The fourth-order valence-electron chi connectivity index (χ4n) is 2.24. The molecule has 0 aliphatic rings. The topological polar surface area (TPSA) is 73.0 Å². The molecule has 2 heterocycles. The minimum atomic E-state index is -4.64. The van der Waals surface area contributed by atoms with Crippen LogP contribution in [-0.4, -0.2) is 26.4 Å². The van der Waals surface area contributed by atoms with E-state index in [9.17, 15) is 18.0 Å². The summed E-state index contributed by atoms with van der Waals surface area (Å²) in [6.07, 6.45) is -3.14. The van der Waals surface area contributed by atoms with E-state index in [1.165, 1.54) is 12.3 Å². The number of hydrogen-bond acceptors (Lipinski definition) is 5. The van der Waals surface area contributed by atoms with Crippen LogP contribution < -0.4 is 5.32 Å². The molecule has 0 unspecified atom stereocenters. The number of carbonyl (C=O) groups is 1. The Balaban J connectivity index is 1.68. The quantitative estimate of drug-likeness (QED) is 0.621. The summed E-state index contributed by atoms with van der Waals surface area (Å²) in [5, 5.41) is 10.5. The van der Waals surface area contributed by atoms with E-state index in [1.54, 1.807) is 23.7 Å². The lowest BCUT2D eigenvalue weighted by atomic mass is 10.1. The zero-order chi connectivity index (χ0) is 19.6. The number of nitrogens with one attached hydrogen (secondary N) is 1. The second-order valence-corrected chi connectivity index (χ2v) is 6.75. The molecule has 0 bridgehead atoms. The van der Waals surface area contributed by atoms with Crippen LogP contribution in [0.3, 0.4) is 0 Å². The zero-order valence-electron chi connectivity index (χ0n) is 13.7. The van der Waals surface area contributed by atoms with Crippen molar-refractivity contribution in [2.45, 2.75) is 11.3 Å². The number of alkyl halides is 3. The standard InChI is InChI=1S/C16H12ClF3N4O2S/c1-24-14(12-3-2-6-26-12)22-23-15(24)27-8-13(25)21-11-5-4-9(17)7-10(11)16(18,19)20/h2-7H,8H2,1H3,(H,21,25). The summed E-state index contributed by atoms with van der Waals surface area (Å²) in [6, 6.07) is 6.57. The van der Waals surface area contributed by atoms with Gasteiger partial charge in [0.2, 0.25) is 5.91 Å². The van der Waals surface area contributed by atoms with E-state index in [0.29, 0.717) is 16.7 Å². The molecule has 1 N–H and O–H groups in total. The van der Waals surface area contributed by atoms with Crippen molar-refractivity contribution in [2.75, 3.05) is 11.1 Å². The number of hydrogen-bond donors (Lipinski definition) is 1. The van der Waals surface area contributed by atoms with Gasteiger partial charge in [-0.05, 0) is 30.3 Å². The molecule has 0 fully saturated rings. The van der Waals surface area contributed by atoms with Crippen molar-refractivity contribution in [2.24, 2.45) is 7.05 Å². The van der Waals surface area contributed by atoms with Crippen molar-refractivity contribution in [3.63, 3.8) is 0 Å². The Kier molecular flexibility index (Phi) is 5.47. The van der Waals surface area contributed by atoms with Crippen LogP contribution >= 0.6 is 23.4 Å². The lowest BCUT2D eigenvalue weighted by molar-refractivity contribution is -0.137. The number of benzene rings is 1. The fraction of sp³-hybridized carbons (Fsp3) is 0.188. The maximum atomic E-state index is 13.1. The number of furan rings is 1. The van der Waals surface area contributed by atoms with Crippen molar-refractivity contribution in [3.8, 4) is 11.6 Å². The second kappa shape index (κ2) is 7.65. The van der Waals surface area contributed by atoms with E-state index in [4.69, 9.17) is 16.0 Å². The van der Waals surface area contributed by atoms with Gasteiger partial charge in [-0.3, -0.25) is 4.79 Å². The maximum absolute atomic E-state index is 13.1. The summed E-state index contributed by atoms with van der Waals surface area (Å²) < 4.78 is 46.1. The average Bonchev–Trinajstić information content (AvgIpc) is 3.23. The smallest absolute Gasteiger partial charge is 0.418 e. The summed E-state index contributed by atoms with van der Waals surface area (Å²) in [5.41, 5.74) is -1.36. The molecule has 0 saturated heterocycles. The van der Waals surface area contributed by atoms with Gasteiger partial charge in [0.25, 0.3) is 0 Å². The molecule has 0 saturated carbocycles. The SMILES string of the molecule is Cn1c(SCC(=O)Nc2ccc(Cl)cc2C(F)(F)F)nnc1-c1ccco1. The van der Waals surface area contributed by atoms with Gasteiger partial charge >= 0.3 is 6.18 Å². The monoisotopic (exact) mass is 416 g/mol. The van der Waals surface area contributed by atoms with E-state index < -0.39 is 17.6 Å². The highest BCUT2D eigenvalue weighted by Gasteiger charge is 2.34. The minimum absolute atomic E-state index is 0.0701. The molecule has 11 heteroatoms. The van der Waals surface area contributed by atoms with Gasteiger partial charge in [0.1, 0.15) is 0 Å². The third kappa shape index (κ3) is 4.45. The molecule has 6 nitrogen and oxygen atoms in total. The second-order valence-electron chi connectivity index (χ2n) is 5.37. The van der Waals surface area contributed by atoms with Gasteiger partial charge in [-0.15, -0.1) is 10.2 Å². The van der Waals surface area contributed by atoms with Crippen LogP contribution in [0.5, 0.6) is 0 Å². The lowest BCUT2D eigenvalue weighted by Gasteiger charge is -2.14. The van der Waals surface area contributed by atoms with E-state index in [-0.39, 0.29) is 16.5 Å². The summed E-state index contributed by atoms with van der Waals surface area (Å²) in [4.78, 5) is 12.1. The van der Waals surface area contributed by atoms with E-state index in [2.05, 4.69) is 15.5 Å². The molecular formula is C16H12ClF3N4O2S.